The van der Waals surface area contributed by atoms with E-state index in [2.05, 4.69) is 13.5 Å². The zero-order chi connectivity index (χ0) is 20.0. The van der Waals surface area contributed by atoms with Gasteiger partial charge in [0.1, 0.15) is 11.4 Å². The fourth-order valence-corrected chi connectivity index (χ4v) is 3.91. The molecule has 1 heterocycles. The lowest BCUT2D eigenvalue weighted by Gasteiger charge is -2.31. The molecule has 0 fully saturated rings. The molecule has 5 nitrogen and oxygen atoms in total. The third-order valence-corrected chi connectivity index (χ3v) is 5.01. The molecule has 0 N–H and O–H groups in total. The summed E-state index contributed by atoms with van der Waals surface area (Å²) in [6, 6.07) is 0. The largest absolute Gasteiger partial charge is 0.497 e. The van der Waals surface area contributed by atoms with E-state index in [1.807, 2.05) is 26.8 Å². The van der Waals surface area contributed by atoms with Gasteiger partial charge in [-0.2, -0.15) is 0 Å². The summed E-state index contributed by atoms with van der Waals surface area (Å²) in [5.41, 5.74) is 0.350. The van der Waals surface area contributed by atoms with E-state index in [4.69, 9.17) is 9.47 Å². The number of carbonyl (C=O) groups excluding carboxylic acids is 2. The van der Waals surface area contributed by atoms with Crippen LogP contribution in [0.5, 0.6) is 0 Å². The molecule has 0 saturated carbocycles. The second kappa shape index (κ2) is 9.43. The molecule has 0 bridgehead atoms. The maximum absolute atomic E-state index is 13.0. The van der Waals surface area contributed by atoms with Gasteiger partial charge in [-0.1, -0.05) is 13.0 Å². The number of rotatable bonds is 2. The summed E-state index contributed by atoms with van der Waals surface area (Å²) in [4.78, 5) is 27.1. The molecule has 0 radical (unpaired) electrons. The van der Waals surface area contributed by atoms with Gasteiger partial charge in [-0.25, -0.2) is 4.79 Å². The topological polar surface area (TPSA) is 55.8 Å². The minimum Gasteiger partial charge on any atom is -0.497 e. The van der Waals surface area contributed by atoms with Crippen LogP contribution in [0.1, 0.15) is 66.2 Å². The zero-order valence-corrected chi connectivity index (χ0v) is 17.4. The molecule has 5 heteroatoms. The molecule has 0 aromatic carbocycles. The number of ketones is 1. The van der Waals surface area contributed by atoms with Crippen molar-refractivity contribution in [2.24, 2.45) is 11.8 Å². The van der Waals surface area contributed by atoms with Crippen LogP contribution in [0.3, 0.4) is 0 Å². The van der Waals surface area contributed by atoms with Crippen LogP contribution in [0.2, 0.25) is 0 Å². The number of hydrogen-bond donors (Lipinski definition) is 0. The number of nitrogens with zero attached hydrogens (tertiary/aromatic N) is 1. The van der Waals surface area contributed by atoms with Crippen LogP contribution >= 0.6 is 0 Å². The normalized spacial score (nSPS) is 25.2. The lowest BCUT2D eigenvalue weighted by atomic mass is 9.77. The van der Waals surface area contributed by atoms with E-state index in [1.54, 1.807) is 4.90 Å². The van der Waals surface area contributed by atoms with Crippen molar-refractivity contribution in [3.63, 3.8) is 0 Å². The van der Waals surface area contributed by atoms with Gasteiger partial charge in [0.05, 0.1) is 6.61 Å². The minimum absolute atomic E-state index is 0.162. The number of ether oxygens (including phenoxy) is 2. The van der Waals surface area contributed by atoms with Gasteiger partial charge in [-0.05, 0) is 58.3 Å². The maximum atomic E-state index is 13.0. The highest BCUT2D eigenvalue weighted by Gasteiger charge is 2.32. The van der Waals surface area contributed by atoms with Crippen molar-refractivity contribution in [3.8, 4) is 0 Å². The molecule has 0 aromatic heterocycles. The molecule has 0 unspecified atom stereocenters. The molecular weight excluding hydrogens is 342 g/mol. The van der Waals surface area contributed by atoms with Crippen molar-refractivity contribution < 1.29 is 19.1 Å². The Hall–Kier alpha value is -1.78. The Balaban J connectivity index is 2.12. The summed E-state index contributed by atoms with van der Waals surface area (Å²) in [7, 11) is 0. The van der Waals surface area contributed by atoms with Gasteiger partial charge in [0.2, 0.25) is 0 Å². The SMILES string of the molecule is C=CC[C@@H]1C[C@@H](C)CC2=C1C(=O)CCCN(C(=O)OC(C)(C)C)CCCO2. The quantitative estimate of drug-likeness (QED) is 0.644. The van der Waals surface area contributed by atoms with E-state index < -0.39 is 5.60 Å². The average molecular weight is 378 g/mol. The van der Waals surface area contributed by atoms with E-state index in [0.29, 0.717) is 38.5 Å². The molecular formula is C22H35NO4. The van der Waals surface area contributed by atoms with Crippen molar-refractivity contribution in [1.82, 2.24) is 4.90 Å². The predicted octanol–water partition coefficient (Wildman–Crippen LogP) is 4.87. The van der Waals surface area contributed by atoms with Gasteiger partial charge in [0.15, 0.2) is 5.78 Å². The summed E-state index contributed by atoms with van der Waals surface area (Å²) in [6.45, 7) is 13.3. The Morgan fingerprint density at radius 1 is 1.33 bits per heavy atom. The van der Waals surface area contributed by atoms with Crippen LogP contribution in [-0.4, -0.2) is 42.1 Å². The Morgan fingerprint density at radius 2 is 2.04 bits per heavy atom. The Bertz CT molecular complexity index is 588. The van der Waals surface area contributed by atoms with Gasteiger partial charge in [0.25, 0.3) is 0 Å². The summed E-state index contributed by atoms with van der Waals surface area (Å²) >= 11 is 0. The third kappa shape index (κ3) is 6.40. The Labute approximate surface area is 163 Å². The molecule has 1 aliphatic heterocycles. The molecule has 0 spiro atoms. The van der Waals surface area contributed by atoms with Crippen molar-refractivity contribution in [2.75, 3.05) is 19.7 Å². The van der Waals surface area contributed by atoms with Crippen molar-refractivity contribution >= 4 is 11.9 Å². The van der Waals surface area contributed by atoms with Crippen LogP contribution in [0.15, 0.2) is 24.0 Å². The number of hydrogen-bond acceptors (Lipinski definition) is 4. The summed E-state index contributed by atoms with van der Waals surface area (Å²) in [6.07, 6.45) is 6.02. The molecule has 1 aliphatic carbocycles. The molecule has 2 aliphatic rings. The van der Waals surface area contributed by atoms with Crippen molar-refractivity contribution in [3.05, 3.63) is 24.0 Å². The fraction of sp³-hybridized carbons (Fsp3) is 0.727. The second-order valence-electron chi connectivity index (χ2n) is 8.80. The minimum atomic E-state index is -0.524. The summed E-state index contributed by atoms with van der Waals surface area (Å²) < 4.78 is 11.6. The van der Waals surface area contributed by atoms with Crippen LogP contribution in [-0.2, 0) is 14.3 Å². The van der Waals surface area contributed by atoms with E-state index in [0.717, 1.165) is 37.0 Å². The van der Waals surface area contributed by atoms with Crippen molar-refractivity contribution in [2.45, 2.75) is 71.8 Å². The summed E-state index contributed by atoms with van der Waals surface area (Å²) in [5, 5.41) is 0. The standard InChI is InChI=1S/C22H35NO4/c1-6-9-17-14-16(2)15-19-20(17)18(24)10-7-11-23(12-8-13-26-19)21(25)27-22(3,4)5/h6,16-17H,1,7-15H2,2-5H3/t16-,17-/m1/s1. The van der Waals surface area contributed by atoms with Gasteiger partial charge < -0.3 is 14.4 Å². The van der Waals surface area contributed by atoms with E-state index in [-0.39, 0.29) is 17.8 Å². The van der Waals surface area contributed by atoms with E-state index in [9.17, 15) is 9.59 Å². The highest BCUT2D eigenvalue weighted by atomic mass is 16.6. The Kier molecular flexibility index (Phi) is 7.51. The van der Waals surface area contributed by atoms with E-state index >= 15 is 0 Å². The van der Waals surface area contributed by atoms with E-state index in [1.165, 1.54) is 0 Å². The van der Waals surface area contributed by atoms with Crippen LogP contribution in [0, 0.1) is 11.8 Å². The number of carbonyl (C=O) groups is 2. The molecule has 0 saturated heterocycles. The molecule has 27 heavy (non-hydrogen) atoms. The molecule has 1 amide bonds. The van der Waals surface area contributed by atoms with Crippen LogP contribution < -0.4 is 0 Å². The highest BCUT2D eigenvalue weighted by Crippen LogP contribution is 2.38. The first-order valence-electron chi connectivity index (χ1n) is 10.2. The van der Waals surface area contributed by atoms with Crippen LogP contribution in [0.4, 0.5) is 4.79 Å². The highest BCUT2D eigenvalue weighted by molar-refractivity contribution is 5.96. The summed E-state index contributed by atoms with van der Waals surface area (Å²) in [5.74, 6) is 1.74. The lowest BCUT2D eigenvalue weighted by Crippen LogP contribution is -2.38. The first kappa shape index (κ1) is 21.5. The van der Waals surface area contributed by atoms with Gasteiger partial charge in [-0.15, -0.1) is 6.58 Å². The molecule has 0 aromatic rings. The molecule has 2 rings (SSSR count). The second-order valence-corrected chi connectivity index (χ2v) is 8.80. The smallest absolute Gasteiger partial charge is 0.410 e. The fourth-order valence-electron chi connectivity index (χ4n) is 3.91. The van der Waals surface area contributed by atoms with Gasteiger partial charge in [-0.3, -0.25) is 4.79 Å². The first-order valence-corrected chi connectivity index (χ1v) is 10.2. The van der Waals surface area contributed by atoms with Gasteiger partial charge in [0, 0.05) is 31.5 Å². The molecule has 2 atom stereocenters. The molecule has 152 valence electrons. The zero-order valence-electron chi connectivity index (χ0n) is 17.4. The van der Waals surface area contributed by atoms with Crippen LogP contribution in [0.25, 0.3) is 0 Å². The maximum Gasteiger partial charge on any atom is 0.410 e. The average Bonchev–Trinajstić information content (AvgIpc) is 2.57. The third-order valence-electron chi connectivity index (χ3n) is 5.01. The lowest BCUT2D eigenvalue weighted by molar-refractivity contribution is -0.116. The number of amides is 1. The van der Waals surface area contributed by atoms with Gasteiger partial charge >= 0.3 is 6.09 Å². The first-order chi connectivity index (χ1) is 12.7. The Morgan fingerprint density at radius 3 is 2.70 bits per heavy atom. The number of Topliss-reactive ketones (excluding diaryl/α,β-unsaturated/α-hetero) is 1. The number of allylic oxidation sites excluding steroid dienone is 3. The predicted molar refractivity (Wildman–Crippen MR) is 106 cm³/mol. The van der Waals surface area contributed by atoms with Crippen molar-refractivity contribution in [1.29, 1.82) is 0 Å². The monoisotopic (exact) mass is 377 g/mol.